The lowest BCUT2D eigenvalue weighted by atomic mass is 9.82. The summed E-state index contributed by atoms with van der Waals surface area (Å²) in [5.74, 6) is 1.09. The van der Waals surface area contributed by atoms with Crippen molar-refractivity contribution in [2.24, 2.45) is 5.41 Å². The number of methoxy groups -OCH3 is 1. The summed E-state index contributed by atoms with van der Waals surface area (Å²) in [6.07, 6.45) is 1.05. The fourth-order valence-corrected chi connectivity index (χ4v) is 4.28. The van der Waals surface area contributed by atoms with Crippen LogP contribution >= 0.6 is 47.2 Å². The Labute approximate surface area is 201 Å². The first kappa shape index (κ1) is 27.2. The minimum absolute atomic E-state index is 0. The zero-order chi connectivity index (χ0) is 21.8. The van der Waals surface area contributed by atoms with Crippen LogP contribution in [-0.4, -0.2) is 12.6 Å². The second kappa shape index (κ2) is 11.2. The fourth-order valence-electron chi connectivity index (χ4n) is 3.53. The van der Waals surface area contributed by atoms with Gasteiger partial charge in [0.25, 0.3) is 0 Å². The Morgan fingerprint density at radius 2 is 1.60 bits per heavy atom. The van der Waals surface area contributed by atoms with Crippen LogP contribution < -0.4 is 14.8 Å². The molecule has 0 atom stereocenters. The molecule has 0 aliphatic rings. The number of rotatable bonds is 8. The lowest BCUT2D eigenvalue weighted by Gasteiger charge is -2.33. The first-order valence-corrected chi connectivity index (χ1v) is 10.7. The van der Waals surface area contributed by atoms with E-state index >= 15 is 0 Å². The first-order chi connectivity index (χ1) is 13.4. The second-order valence-corrected chi connectivity index (χ2v) is 10.4. The molecule has 0 fully saturated rings. The SMILES string of the molecule is COc1cc(CNC(C)(C)CC(C)(C)C)cc(Cl)c1OCc1ccc(Cl)cc1Cl.Cl. The van der Waals surface area contributed by atoms with Crippen molar-refractivity contribution < 1.29 is 9.47 Å². The molecular formula is C23H31Cl4NO2. The molecule has 0 saturated heterocycles. The Morgan fingerprint density at radius 3 is 2.17 bits per heavy atom. The van der Waals surface area contributed by atoms with Crippen molar-refractivity contribution in [2.45, 2.75) is 59.7 Å². The number of ether oxygens (including phenoxy) is 2. The van der Waals surface area contributed by atoms with Crippen molar-refractivity contribution >= 4 is 47.2 Å². The van der Waals surface area contributed by atoms with Crippen LogP contribution in [0.3, 0.4) is 0 Å². The minimum atomic E-state index is -0.00152. The highest BCUT2D eigenvalue weighted by molar-refractivity contribution is 6.35. The van der Waals surface area contributed by atoms with Crippen molar-refractivity contribution in [1.82, 2.24) is 5.32 Å². The Kier molecular flexibility index (Phi) is 10.1. The molecule has 30 heavy (non-hydrogen) atoms. The van der Waals surface area contributed by atoms with E-state index in [1.54, 1.807) is 19.2 Å². The molecule has 1 N–H and O–H groups in total. The van der Waals surface area contributed by atoms with Crippen LogP contribution in [0.5, 0.6) is 11.5 Å². The van der Waals surface area contributed by atoms with Crippen molar-refractivity contribution in [3.05, 3.63) is 56.5 Å². The molecule has 2 aromatic rings. The van der Waals surface area contributed by atoms with E-state index in [2.05, 4.69) is 39.9 Å². The van der Waals surface area contributed by atoms with Gasteiger partial charge in [0, 0.05) is 27.7 Å². The summed E-state index contributed by atoms with van der Waals surface area (Å²) < 4.78 is 11.5. The molecule has 0 aromatic heterocycles. The highest BCUT2D eigenvalue weighted by atomic mass is 35.5. The molecule has 3 nitrogen and oxygen atoms in total. The first-order valence-electron chi connectivity index (χ1n) is 9.58. The summed E-state index contributed by atoms with van der Waals surface area (Å²) in [5.41, 5.74) is 2.10. The van der Waals surface area contributed by atoms with E-state index in [0.29, 0.717) is 33.1 Å². The van der Waals surface area contributed by atoms with Crippen LogP contribution in [0.2, 0.25) is 15.1 Å². The fraction of sp³-hybridized carbons (Fsp3) is 0.478. The topological polar surface area (TPSA) is 30.5 Å². The van der Waals surface area contributed by atoms with E-state index in [-0.39, 0.29) is 30.0 Å². The Balaban J connectivity index is 0.00000450. The van der Waals surface area contributed by atoms with Gasteiger partial charge in [-0.3, -0.25) is 0 Å². The average Bonchev–Trinajstić information content (AvgIpc) is 2.58. The number of nitrogens with one attached hydrogen (secondary N) is 1. The summed E-state index contributed by atoms with van der Waals surface area (Å²) in [6.45, 7) is 12.1. The second-order valence-electron chi connectivity index (χ2n) is 9.11. The van der Waals surface area contributed by atoms with Gasteiger partial charge in [0.15, 0.2) is 11.5 Å². The van der Waals surface area contributed by atoms with Gasteiger partial charge in [-0.2, -0.15) is 0 Å². The Hall–Kier alpha value is -0.840. The molecule has 0 aliphatic carbocycles. The molecule has 0 unspecified atom stereocenters. The van der Waals surface area contributed by atoms with E-state index in [0.717, 1.165) is 17.5 Å². The van der Waals surface area contributed by atoms with E-state index in [1.807, 2.05) is 18.2 Å². The summed E-state index contributed by atoms with van der Waals surface area (Å²) in [4.78, 5) is 0. The van der Waals surface area contributed by atoms with Gasteiger partial charge in [-0.05, 0) is 55.5 Å². The van der Waals surface area contributed by atoms with Crippen molar-refractivity contribution in [1.29, 1.82) is 0 Å². The van der Waals surface area contributed by atoms with Crippen LogP contribution in [0, 0.1) is 5.41 Å². The molecule has 0 radical (unpaired) electrons. The predicted molar refractivity (Wildman–Crippen MR) is 131 cm³/mol. The van der Waals surface area contributed by atoms with E-state index in [4.69, 9.17) is 44.3 Å². The number of halogens is 4. The Morgan fingerprint density at radius 1 is 0.933 bits per heavy atom. The molecule has 2 rings (SSSR count). The van der Waals surface area contributed by atoms with Gasteiger partial charge in [0.05, 0.1) is 12.1 Å². The molecule has 0 spiro atoms. The molecule has 168 valence electrons. The zero-order valence-corrected chi connectivity index (χ0v) is 21.5. The third-order valence-corrected chi connectivity index (χ3v) is 5.29. The molecule has 0 amide bonds. The van der Waals surface area contributed by atoms with Crippen LogP contribution in [0.15, 0.2) is 30.3 Å². The largest absolute Gasteiger partial charge is 0.493 e. The van der Waals surface area contributed by atoms with Gasteiger partial charge in [0.1, 0.15) is 6.61 Å². The van der Waals surface area contributed by atoms with Crippen LogP contribution in [0.4, 0.5) is 0 Å². The lowest BCUT2D eigenvalue weighted by Crippen LogP contribution is -2.41. The summed E-state index contributed by atoms with van der Waals surface area (Å²) in [6, 6.07) is 9.16. The highest BCUT2D eigenvalue weighted by Crippen LogP contribution is 2.38. The van der Waals surface area contributed by atoms with Gasteiger partial charge >= 0.3 is 0 Å². The van der Waals surface area contributed by atoms with Gasteiger partial charge in [-0.15, -0.1) is 12.4 Å². The van der Waals surface area contributed by atoms with Crippen molar-refractivity contribution in [2.75, 3.05) is 7.11 Å². The van der Waals surface area contributed by atoms with Crippen molar-refractivity contribution in [3.8, 4) is 11.5 Å². The summed E-state index contributed by atoms with van der Waals surface area (Å²) in [7, 11) is 1.61. The number of benzene rings is 2. The van der Waals surface area contributed by atoms with E-state index < -0.39 is 0 Å². The maximum absolute atomic E-state index is 6.51. The maximum atomic E-state index is 6.51. The smallest absolute Gasteiger partial charge is 0.180 e. The molecule has 0 saturated carbocycles. The maximum Gasteiger partial charge on any atom is 0.180 e. The van der Waals surface area contributed by atoms with Crippen molar-refractivity contribution in [3.63, 3.8) is 0 Å². The number of hydrogen-bond acceptors (Lipinski definition) is 3. The predicted octanol–water partition coefficient (Wildman–Crippen LogP) is 7.96. The standard InChI is InChI=1S/C23H30Cl3NO2.ClH/c1-22(2,3)14-23(4,5)27-12-15-9-19(26)21(20(10-15)28-6)29-13-16-7-8-17(24)11-18(16)25;/h7-11,27H,12-14H2,1-6H3;1H. The van der Waals surface area contributed by atoms with Gasteiger partial charge in [-0.1, -0.05) is 61.6 Å². The number of hydrogen-bond donors (Lipinski definition) is 1. The molecule has 0 bridgehead atoms. The average molecular weight is 495 g/mol. The third-order valence-electron chi connectivity index (χ3n) is 4.42. The van der Waals surface area contributed by atoms with E-state index in [9.17, 15) is 0 Å². The molecule has 0 aliphatic heterocycles. The third kappa shape index (κ3) is 8.36. The van der Waals surface area contributed by atoms with Crippen LogP contribution in [-0.2, 0) is 13.2 Å². The minimum Gasteiger partial charge on any atom is -0.493 e. The normalized spacial score (nSPS) is 11.8. The van der Waals surface area contributed by atoms with Gasteiger partial charge < -0.3 is 14.8 Å². The molecule has 0 heterocycles. The van der Waals surface area contributed by atoms with Crippen LogP contribution in [0.25, 0.3) is 0 Å². The summed E-state index contributed by atoms with van der Waals surface area (Å²) in [5, 5.41) is 5.25. The monoisotopic (exact) mass is 493 g/mol. The zero-order valence-electron chi connectivity index (χ0n) is 18.4. The molecule has 7 heteroatoms. The van der Waals surface area contributed by atoms with Gasteiger partial charge in [-0.25, -0.2) is 0 Å². The quantitative estimate of drug-likeness (QED) is 0.403. The Bertz CT molecular complexity index is 848. The van der Waals surface area contributed by atoms with E-state index in [1.165, 1.54) is 0 Å². The van der Waals surface area contributed by atoms with Crippen LogP contribution in [0.1, 0.15) is 52.2 Å². The molecular weight excluding hydrogens is 464 g/mol. The summed E-state index contributed by atoms with van der Waals surface area (Å²) >= 11 is 18.7. The highest BCUT2D eigenvalue weighted by Gasteiger charge is 2.25. The molecule has 2 aromatic carbocycles. The van der Waals surface area contributed by atoms with Gasteiger partial charge in [0.2, 0.25) is 0 Å². The lowest BCUT2D eigenvalue weighted by molar-refractivity contribution is 0.240.